The zero-order chi connectivity index (χ0) is 18.8. The molecule has 0 fully saturated rings. The van der Waals surface area contributed by atoms with Crippen LogP contribution in [0.2, 0.25) is 5.28 Å². The van der Waals surface area contributed by atoms with E-state index in [1.54, 1.807) is 33.8 Å². The molecule has 1 aromatic heterocycles. The quantitative estimate of drug-likeness (QED) is 0.482. The first-order chi connectivity index (χ1) is 11.5. The summed E-state index contributed by atoms with van der Waals surface area (Å²) in [7, 11) is -3.75. The smallest absolute Gasteiger partial charge is 0.224 e. The molecule has 10 heteroatoms. The van der Waals surface area contributed by atoms with E-state index < -0.39 is 15.6 Å². The summed E-state index contributed by atoms with van der Waals surface area (Å²) < 4.78 is 27.5. The highest BCUT2D eigenvalue weighted by Crippen LogP contribution is 2.29. The van der Waals surface area contributed by atoms with E-state index in [9.17, 15) is 13.3 Å². The SMILES string of the molecule is Cc1nc(Cl)ncc1N(N=O)c1cccc(S(=O)(=O)NC(C)(C)C)c1. The number of aryl methyl sites for hydroxylation is 1. The molecule has 0 saturated carbocycles. The van der Waals surface area contributed by atoms with Crippen molar-refractivity contribution in [2.45, 2.75) is 38.1 Å². The van der Waals surface area contributed by atoms with Gasteiger partial charge in [0.15, 0.2) is 0 Å². The minimum absolute atomic E-state index is 0.0149. The minimum atomic E-state index is -3.75. The monoisotopic (exact) mass is 383 g/mol. The van der Waals surface area contributed by atoms with Gasteiger partial charge < -0.3 is 0 Å². The average molecular weight is 384 g/mol. The molecule has 134 valence electrons. The molecule has 0 aliphatic rings. The van der Waals surface area contributed by atoms with E-state index in [2.05, 4.69) is 20.0 Å². The van der Waals surface area contributed by atoms with Crippen LogP contribution in [0.1, 0.15) is 26.5 Å². The molecule has 2 aromatic rings. The van der Waals surface area contributed by atoms with Gasteiger partial charge in [0.25, 0.3) is 0 Å². The molecule has 2 rings (SSSR count). The lowest BCUT2D eigenvalue weighted by Gasteiger charge is -2.21. The van der Waals surface area contributed by atoms with Gasteiger partial charge in [-0.05, 0) is 57.5 Å². The first-order valence-electron chi connectivity index (χ1n) is 7.30. The third kappa shape index (κ3) is 4.71. The zero-order valence-electron chi connectivity index (χ0n) is 14.2. The Morgan fingerprint density at radius 3 is 2.52 bits per heavy atom. The lowest BCUT2D eigenvalue weighted by atomic mass is 10.1. The Hall–Kier alpha value is -2.10. The highest BCUT2D eigenvalue weighted by Gasteiger charge is 2.23. The molecule has 1 heterocycles. The van der Waals surface area contributed by atoms with Crippen molar-refractivity contribution in [1.82, 2.24) is 14.7 Å². The second-order valence-electron chi connectivity index (χ2n) is 6.36. The highest BCUT2D eigenvalue weighted by atomic mass is 35.5. The van der Waals surface area contributed by atoms with Crippen LogP contribution in [0, 0.1) is 11.8 Å². The number of benzene rings is 1. The number of nitrogens with one attached hydrogen (secondary N) is 1. The molecule has 0 saturated heterocycles. The molecule has 0 bridgehead atoms. The summed E-state index contributed by atoms with van der Waals surface area (Å²) in [5.41, 5.74) is 0.358. The van der Waals surface area contributed by atoms with E-state index in [0.717, 1.165) is 5.01 Å². The van der Waals surface area contributed by atoms with E-state index >= 15 is 0 Å². The van der Waals surface area contributed by atoms with Gasteiger partial charge in [0.1, 0.15) is 5.69 Å². The lowest BCUT2D eigenvalue weighted by Crippen LogP contribution is -2.40. The van der Waals surface area contributed by atoms with Gasteiger partial charge in [-0.15, -0.1) is 4.91 Å². The molecular weight excluding hydrogens is 366 g/mol. The second-order valence-corrected chi connectivity index (χ2v) is 8.38. The summed E-state index contributed by atoms with van der Waals surface area (Å²) in [6, 6.07) is 5.87. The van der Waals surface area contributed by atoms with Crippen LogP contribution in [0.4, 0.5) is 11.4 Å². The van der Waals surface area contributed by atoms with Gasteiger partial charge in [-0.2, -0.15) is 5.01 Å². The highest BCUT2D eigenvalue weighted by molar-refractivity contribution is 7.89. The van der Waals surface area contributed by atoms with Crippen LogP contribution in [-0.2, 0) is 10.0 Å². The van der Waals surface area contributed by atoms with E-state index in [0.29, 0.717) is 11.4 Å². The van der Waals surface area contributed by atoms with Crippen molar-refractivity contribution in [1.29, 1.82) is 0 Å². The fraction of sp³-hybridized carbons (Fsp3) is 0.333. The molecule has 0 spiro atoms. The Bertz CT molecular complexity index is 896. The Balaban J connectivity index is 2.48. The number of nitroso groups, excluding NO2 is 1. The van der Waals surface area contributed by atoms with Crippen molar-refractivity contribution in [2.24, 2.45) is 5.29 Å². The minimum Gasteiger partial charge on any atom is -0.224 e. The van der Waals surface area contributed by atoms with Crippen LogP contribution in [0.25, 0.3) is 0 Å². The van der Waals surface area contributed by atoms with Gasteiger partial charge in [-0.1, -0.05) is 6.07 Å². The van der Waals surface area contributed by atoms with E-state index in [1.807, 2.05) is 0 Å². The molecule has 0 aliphatic heterocycles. The van der Waals surface area contributed by atoms with Gasteiger partial charge >= 0.3 is 0 Å². The van der Waals surface area contributed by atoms with Gasteiger partial charge in [0.05, 0.1) is 27.8 Å². The topological polar surface area (TPSA) is 105 Å². The number of halogens is 1. The molecule has 1 N–H and O–H groups in total. The maximum atomic E-state index is 12.5. The Labute approximate surface area is 151 Å². The van der Waals surface area contributed by atoms with Crippen LogP contribution in [0.5, 0.6) is 0 Å². The number of rotatable bonds is 5. The molecule has 0 radical (unpaired) electrons. The molecular formula is C15H18ClN5O3S. The summed E-state index contributed by atoms with van der Waals surface area (Å²) in [5.74, 6) is 0. The van der Waals surface area contributed by atoms with Gasteiger partial charge in [0, 0.05) is 5.54 Å². The summed E-state index contributed by atoms with van der Waals surface area (Å²) >= 11 is 5.72. The van der Waals surface area contributed by atoms with Crippen LogP contribution in [-0.4, -0.2) is 23.9 Å². The summed E-state index contributed by atoms with van der Waals surface area (Å²) in [5, 5.41) is 4.02. The van der Waals surface area contributed by atoms with E-state index in [1.165, 1.54) is 24.4 Å². The predicted molar refractivity (Wildman–Crippen MR) is 96.2 cm³/mol. The predicted octanol–water partition coefficient (Wildman–Crippen LogP) is 3.33. The summed E-state index contributed by atoms with van der Waals surface area (Å²) in [4.78, 5) is 19.2. The number of hydrogen-bond acceptors (Lipinski definition) is 6. The maximum absolute atomic E-state index is 12.5. The average Bonchev–Trinajstić information content (AvgIpc) is 2.48. The number of nitrogens with zero attached hydrogens (tertiary/aromatic N) is 4. The third-order valence-electron chi connectivity index (χ3n) is 3.05. The first kappa shape index (κ1) is 19.2. The second kappa shape index (κ2) is 7.03. The number of anilines is 2. The van der Waals surface area contributed by atoms with E-state index in [-0.39, 0.29) is 15.9 Å². The molecule has 1 aromatic carbocycles. The zero-order valence-corrected chi connectivity index (χ0v) is 15.8. The summed E-state index contributed by atoms with van der Waals surface area (Å²) in [6.07, 6.45) is 1.35. The van der Waals surface area contributed by atoms with E-state index in [4.69, 9.17) is 11.6 Å². The molecule has 8 nitrogen and oxygen atoms in total. The Morgan fingerprint density at radius 1 is 1.28 bits per heavy atom. The molecule has 0 atom stereocenters. The van der Waals surface area contributed by atoms with Crippen molar-refractivity contribution in [2.75, 3.05) is 5.01 Å². The normalized spacial score (nSPS) is 12.0. The Morgan fingerprint density at radius 2 is 1.96 bits per heavy atom. The molecule has 25 heavy (non-hydrogen) atoms. The van der Waals surface area contributed by atoms with Crippen molar-refractivity contribution >= 4 is 33.0 Å². The maximum Gasteiger partial charge on any atom is 0.241 e. The summed E-state index contributed by atoms with van der Waals surface area (Å²) in [6.45, 7) is 6.86. The molecule has 0 aliphatic carbocycles. The number of sulfonamides is 1. The standard InChI is InChI=1S/C15H18ClN5O3S/c1-10-13(9-17-14(16)18-10)21(20-22)11-6-5-7-12(8-11)25(23,24)19-15(2,3)4/h5-9,19H,1-4H3. The van der Waals surface area contributed by atoms with Crippen molar-refractivity contribution in [3.05, 3.63) is 46.3 Å². The first-order valence-corrected chi connectivity index (χ1v) is 9.16. The van der Waals surface area contributed by atoms with Gasteiger partial charge in [0.2, 0.25) is 15.3 Å². The fourth-order valence-corrected chi connectivity index (χ4v) is 3.75. The lowest BCUT2D eigenvalue weighted by molar-refractivity contribution is 0.491. The number of hydrogen-bond donors (Lipinski definition) is 1. The molecule has 0 unspecified atom stereocenters. The fourth-order valence-electron chi connectivity index (χ4n) is 2.11. The van der Waals surface area contributed by atoms with Crippen LogP contribution in [0.3, 0.4) is 0 Å². The Kier molecular flexibility index (Phi) is 5.40. The van der Waals surface area contributed by atoms with Gasteiger partial charge in [-0.3, -0.25) is 0 Å². The molecule has 0 amide bonds. The van der Waals surface area contributed by atoms with Crippen LogP contribution < -0.4 is 9.73 Å². The third-order valence-corrected chi connectivity index (χ3v) is 4.98. The van der Waals surface area contributed by atoms with Gasteiger partial charge in [-0.25, -0.2) is 23.1 Å². The van der Waals surface area contributed by atoms with Crippen LogP contribution in [0.15, 0.2) is 40.6 Å². The number of aromatic nitrogens is 2. The van der Waals surface area contributed by atoms with Crippen molar-refractivity contribution < 1.29 is 8.42 Å². The van der Waals surface area contributed by atoms with Crippen LogP contribution >= 0.6 is 11.6 Å². The largest absolute Gasteiger partial charge is 0.241 e. The van der Waals surface area contributed by atoms with Crippen molar-refractivity contribution in [3.8, 4) is 0 Å². The van der Waals surface area contributed by atoms with Crippen molar-refractivity contribution in [3.63, 3.8) is 0 Å².